The second kappa shape index (κ2) is 6.92. The topological polar surface area (TPSA) is 9.23 Å². The Labute approximate surface area is 78.9 Å². The van der Waals surface area contributed by atoms with E-state index in [0.29, 0.717) is 11.0 Å². The van der Waals surface area contributed by atoms with E-state index < -0.39 is 0 Å². The third-order valence-corrected chi connectivity index (χ3v) is 2.44. The molecule has 1 nitrogen and oxygen atoms in total. The Kier molecular flexibility index (Phi) is 7.07. The van der Waals surface area contributed by atoms with Crippen LogP contribution in [0.2, 0.25) is 0 Å². The van der Waals surface area contributed by atoms with Crippen LogP contribution in [0.5, 0.6) is 0 Å². The summed E-state index contributed by atoms with van der Waals surface area (Å²) in [5.74, 6) is 1.84. The smallest absolute Gasteiger partial charge is 0.219 e. The molecule has 0 spiro atoms. The van der Waals surface area contributed by atoms with Crippen molar-refractivity contribution in [1.29, 1.82) is 0 Å². The molecule has 0 aromatic carbocycles. The van der Waals surface area contributed by atoms with Crippen LogP contribution < -0.4 is 0 Å². The van der Waals surface area contributed by atoms with E-state index in [4.69, 9.17) is 17.0 Å². The SMILES string of the molecule is CCOC(=S)SCCC(C)C. The van der Waals surface area contributed by atoms with Crippen molar-refractivity contribution in [2.45, 2.75) is 27.2 Å². The van der Waals surface area contributed by atoms with Gasteiger partial charge in [0.05, 0.1) is 6.61 Å². The fourth-order valence-corrected chi connectivity index (χ4v) is 1.86. The lowest BCUT2D eigenvalue weighted by Gasteiger charge is -2.05. The van der Waals surface area contributed by atoms with Gasteiger partial charge in [0.25, 0.3) is 0 Å². The summed E-state index contributed by atoms with van der Waals surface area (Å²) in [5, 5.41) is 0. The Morgan fingerprint density at radius 2 is 2.18 bits per heavy atom. The van der Waals surface area contributed by atoms with E-state index in [0.717, 1.165) is 11.7 Å². The molecule has 0 unspecified atom stereocenters. The monoisotopic (exact) mass is 192 g/mol. The molecule has 0 amide bonds. The molecule has 0 heterocycles. The second-order valence-corrected chi connectivity index (χ2v) is 4.41. The van der Waals surface area contributed by atoms with Gasteiger partial charge in [-0.15, -0.1) is 0 Å². The molecule has 66 valence electrons. The molecule has 11 heavy (non-hydrogen) atoms. The van der Waals surface area contributed by atoms with E-state index in [1.807, 2.05) is 6.92 Å². The molecule has 0 aliphatic heterocycles. The molecule has 0 saturated carbocycles. The van der Waals surface area contributed by atoms with Crippen LogP contribution in [0.4, 0.5) is 0 Å². The van der Waals surface area contributed by atoms with Crippen LogP contribution >= 0.6 is 24.0 Å². The van der Waals surface area contributed by atoms with Crippen LogP contribution in [-0.2, 0) is 4.74 Å². The summed E-state index contributed by atoms with van der Waals surface area (Å²) in [7, 11) is 0. The van der Waals surface area contributed by atoms with Crippen LogP contribution in [-0.4, -0.2) is 16.7 Å². The summed E-state index contributed by atoms with van der Waals surface area (Å²) < 4.78 is 5.81. The zero-order chi connectivity index (χ0) is 8.69. The van der Waals surface area contributed by atoms with Crippen LogP contribution in [0.1, 0.15) is 27.2 Å². The van der Waals surface area contributed by atoms with E-state index in [1.165, 1.54) is 6.42 Å². The number of rotatable bonds is 4. The zero-order valence-electron chi connectivity index (χ0n) is 7.42. The third kappa shape index (κ3) is 8.14. The predicted molar refractivity (Wildman–Crippen MR) is 56.1 cm³/mol. The summed E-state index contributed by atoms with van der Waals surface area (Å²) in [5.41, 5.74) is 0. The van der Waals surface area contributed by atoms with Gasteiger partial charge in [-0.2, -0.15) is 0 Å². The van der Waals surface area contributed by atoms with Crippen molar-refractivity contribution in [1.82, 2.24) is 0 Å². The lowest BCUT2D eigenvalue weighted by atomic mass is 10.2. The van der Waals surface area contributed by atoms with Gasteiger partial charge in [-0.3, -0.25) is 0 Å². The minimum Gasteiger partial charge on any atom is -0.479 e. The lowest BCUT2D eigenvalue weighted by molar-refractivity contribution is 0.346. The molecule has 0 aliphatic rings. The molecular formula is C8H16OS2. The van der Waals surface area contributed by atoms with E-state index in [1.54, 1.807) is 11.8 Å². The van der Waals surface area contributed by atoms with Crippen molar-refractivity contribution in [3.8, 4) is 0 Å². The predicted octanol–water partition coefficient (Wildman–Crippen LogP) is 3.09. The molecule has 0 bridgehead atoms. The first kappa shape index (κ1) is 11.2. The quantitative estimate of drug-likeness (QED) is 0.634. The van der Waals surface area contributed by atoms with Gasteiger partial charge in [-0.05, 0) is 31.5 Å². The van der Waals surface area contributed by atoms with E-state index in [-0.39, 0.29) is 0 Å². The number of hydrogen-bond donors (Lipinski definition) is 0. The van der Waals surface area contributed by atoms with Gasteiger partial charge >= 0.3 is 0 Å². The molecule has 0 aliphatic carbocycles. The van der Waals surface area contributed by atoms with Gasteiger partial charge in [-0.1, -0.05) is 25.6 Å². The maximum absolute atomic E-state index is 5.12. The molecule has 0 aromatic heterocycles. The second-order valence-electron chi connectivity index (χ2n) is 2.71. The van der Waals surface area contributed by atoms with Crippen molar-refractivity contribution in [3.05, 3.63) is 0 Å². The summed E-state index contributed by atoms with van der Waals surface area (Å²) in [6.07, 6.45) is 1.21. The lowest BCUT2D eigenvalue weighted by Crippen LogP contribution is -1.98. The highest BCUT2D eigenvalue weighted by atomic mass is 32.2. The maximum atomic E-state index is 5.12. The Morgan fingerprint density at radius 3 is 2.64 bits per heavy atom. The molecule has 0 N–H and O–H groups in total. The fraction of sp³-hybridized carbons (Fsp3) is 0.875. The Bertz CT molecular complexity index is 113. The van der Waals surface area contributed by atoms with Gasteiger partial charge in [0.2, 0.25) is 4.38 Å². The minimum atomic E-state index is 0.688. The van der Waals surface area contributed by atoms with Crippen LogP contribution in [0.25, 0.3) is 0 Å². The molecule has 0 saturated heterocycles. The van der Waals surface area contributed by atoms with Crippen molar-refractivity contribution >= 4 is 28.4 Å². The highest BCUT2D eigenvalue weighted by Crippen LogP contribution is 2.11. The third-order valence-electron chi connectivity index (χ3n) is 1.18. The first-order chi connectivity index (χ1) is 5.16. The zero-order valence-corrected chi connectivity index (χ0v) is 9.06. The highest BCUT2D eigenvalue weighted by molar-refractivity contribution is 8.22. The maximum Gasteiger partial charge on any atom is 0.219 e. The van der Waals surface area contributed by atoms with Crippen molar-refractivity contribution < 1.29 is 4.74 Å². The van der Waals surface area contributed by atoms with Gasteiger partial charge in [0.1, 0.15) is 0 Å². The summed E-state index contributed by atoms with van der Waals surface area (Å²) in [6, 6.07) is 0. The van der Waals surface area contributed by atoms with Crippen molar-refractivity contribution in [3.63, 3.8) is 0 Å². The first-order valence-electron chi connectivity index (χ1n) is 3.96. The number of ether oxygens (including phenoxy) is 1. The number of hydrogen-bond acceptors (Lipinski definition) is 3. The van der Waals surface area contributed by atoms with E-state index in [9.17, 15) is 0 Å². The molecule has 0 rings (SSSR count). The largest absolute Gasteiger partial charge is 0.479 e. The highest BCUT2D eigenvalue weighted by Gasteiger charge is 1.98. The average Bonchev–Trinajstić information content (AvgIpc) is 1.87. The van der Waals surface area contributed by atoms with E-state index >= 15 is 0 Å². The molecule has 0 atom stereocenters. The van der Waals surface area contributed by atoms with Gasteiger partial charge in [0.15, 0.2) is 0 Å². The van der Waals surface area contributed by atoms with Crippen LogP contribution in [0.15, 0.2) is 0 Å². The number of thioether (sulfide) groups is 1. The van der Waals surface area contributed by atoms with Gasteiger partial charge < -0.3 is 4.74 Å². The molecular weight excluding hydrogens is 176 g/mol. The minimum absolute atomic E-state index is 0.688. The normalized spacial score (nSPS) is 10.2. The number of thiocarbonyl (C=S) groups is 1. The molecule has 0 fully saturated rings. The standard InChI is InChI=1S/C8H16OS2/c1-4-9-8(10)11-6-5-7(2)3/h7H,4-6H2,1-3H3. The fourth-order valence-electron chi connectivity index (χ4n) is 0.537. The van der Waals surface area contributed by atoms with Gasteiger partial charge in [0, 0.05) is 5.75 Å². The first-order valence-corrected chi connectivity index (χ1v) is 5.35. The summed E-state index contributed by atoms with van der Waals surface area (Å²) >= 11 is 6.58. The van der Waals surface area contributed by atoms with E-state index in [2.05, 4.69) is 13.8 Å². The van der Waals surface area contributed by atoms with Crippen LogP contribution in [0.3, 0.4) is 0 Å². The Balaban J connectivity index is 3.17. The summed E-state index contributed by atoms with van der Waals surface area (Å²) in [4.78, 5) is 0. The Hall–Kier alpha value is 0.240. The van der Waals surface area contributed by atoms with Crippen molar-refractivity contribution in [2.24, 2.45) is 5.92 Å². The Morgan fingerprint density at radius 1 is 1.55 bits per heavy atom. The molecule has 3 heteroatoms. The summed E-state index contributed by atoms with van der Waals surface area (Å²) in [6.45, 7) is 7.07. The molecule has 0 radical (unpaired) electrons. The van der Waals surface area contributed by atoms with Gasteiger partial charge in [-0.25, -0.2) is 0 Å². The molecule has 0 aromatic rings. The average molecular weight is 192 g/mol. The van der Waals surface area contributed by atoms with Crippen LogP contribution in [0, 0.1) is 5.92 Å². The van der Waals surface area contributed by atoms with Crippen molar-refractivity contribution in [2.75, 3.05) is 12.4 Å².